The minimum atomic E-state index is 0.475. The van der Waals surface area contributed by atoms with Crippen molar-refractivity contribution < 1.29 is 4.42 Å². The van der Waals surface area contributed by atoms with E-state index in [1.165, 1.54) is 19.3 Å². The summed E-state index contributed by atoms with van der Waals surface area (Å²) in [6, 6.07) is 4.68. The van der Waals surface area contributed by atoms with Gasteiger partial charge in [-0.05, 0) is 30.4 Å². The predicted molar refractivity (Wildman–Crippen MR) is 61.8 cm³/mol. The van der Waals surface area contributed by atoms with Crippen LogP contribution in [0.3, 0.4) is 0 Å². The molecule has 15 heavy (non-hydrogen) atoms. The zero-order valence-electron chi connectivity index (χ0n) is 9.75. The molecule has 84 valence electrons. The van der Waals surface area contributed by atoms with Gasteiger partial charge >= 0.3 is 0 Å². The second kappa shape index (κ2) is 4.40. The Morgan fingerprint density at radius 1 is 1.53 bits per heavy atom. The minimum Gasteiger partial charge on any atom is -0.469 e. The van der Waals surface area contributed by atoms with E-state index in [1.54, 1.807) is 6.26 Å². The molecule has 0 spiro atoms. The third-order valence-corrected chi connectivity index (χ3v) is 3.60. The summed E-state index contributed by atoms with van der Waals surface area (Å²) in [6.07, 6.45) is 6.79. The summed E-state index contributed by atoms with van der Waals surface area (Å²) in [5, 5.41) is 3.65. The molecule has 1 aromatic heterocycles. The molecule has 1 aliphatic rings. The molecule has 0 aliphatic heterocycles. The summed E-state index contributed by atoms with van der Waals surface area (Å²) in [6.45, 7) is 5.76. The van der Waals surface area contributed by atoms with Crippen molar-refractivity contribution in [3.8, 4) is 0 Å². The molecule has 1 aromatic rings. The van der Waals surface area contributed by atoms with Gasteiger partial charge in [0.1, 0.15) is 5.76 Å². The van der Waals surface area contributed by atoms with Gasteiger partial charge in [-0.15, -0.1) is 0 Å². The lowest BCUT2D eigenvalue weighted by atomic mass is 9.87. The van der Waals surface area contributed by atoms with Gasteiger partial charge in [-0.3, -0.25) is 0 Å². The van der Waals surface area contributed by atoms with Crippen LogP contribution in [0.15, 0.2) is 22.8 Å². The highest BCUT2D eigenvalue weighted by Crippen LogP contribution is 2.36. The maximum absolute atomic E-state index is 5.31. The van der Waals surface area contributed by atoms with Gasteiger partial charge in [0.25, 0.3) is 0 Å². The first-order valence-corrected chi connectivity index (χ1v) is 5.94. The van der Waals surface area contributed by atoms with Crippen molar-refractivity contribution in [1.29, 1.82) is 0 Å². The number of furan rings is 1. The largest absolute Gasteiger partial charge is 0.469 e. The van der Waals surface area contributed by atoms with Crippen LogP contribution < -0.4 is 5.32 Å². The molecule has 1 unspecified atom stereocenters. The fourth-order valence-electron chi connectivity index (χ4n) is 2.53. The summed E-state index contributed by atoms with van der Waals surface area (Å²) in [7, 11) is 0. The molecule has 0 aromatic carbocycles. The van der Waals surface area contributed by atoms with Gasteiger partial charge in [-0.25, -0.2) is 0 Å². The SMILES string of the molecule is CC1(C)CCCC1NCCc1ccco1. The highest BCUT2D eigenvalue weighted by atomic mass is 16.3. The number of rotatable bonds is 4. The molecular weight excluding hydrogens is 186 g/mol. The van der Waals surface area contributed by atoms with Crippen LogP contribution in [0.2, 0.25) is 0 Å². The maximum atomic E-state index is 5.31. The molecule has 0 amide bonds. The van der Waals surface area contributed by atoms with Gasteiger partial charge in [-0.2, -0.15) is 0 Å². The van der Waals surface area contributed by atoms with E-state index >= 15 is 0 Å². The standard InChI is InChI=1S/C13H21NO/c1-13(2)8-3-6-12(13)14-9-7-11-5-4-10-15-11/h4-5,10,12,14H,3,6-9H2,1-2H3. The van der Waals surface area contributed by atoms with Crippen LogP contribution in [0.1, 0.15) is 38.9 Å². The first-order chi connectivity index (χ1) is 7.18. The Morgan fingerprint density at radius 2 is 2.40 bits per heavy atom. The zero-order valence-corrected chi connectivity index (χ0v) is 9.75. The molecule has 0 bridgehead atoms. The molecule has 1 saturated carbocycles. The van der Waals surface area contributed by atoms with E-state index in [9.17, 15) is 0 Å². The van der Waals surface area contributed by atoms with Crippen LogP contribution in [-0.4, -0.2) is 12.6 Å². The van der Waals surface area contributed by atoms with Crippen molar-refractivity contribution in [2.75, 3.05) is 6.54 Å². The van der Waals surface area contributed by atoms with E-state index < -0.39 is 0 Å². The fraction of sp³-hybridized carbons (Fsp3) is 0.692. The average molecular weight is 207 g/mol. The van der Waals surface area contributed by atoms with Crippen LogP contribution in [0.25, 0.3) is 0 Å². The lowest BCUT2D eigenvalue weighted by molar-refractivity contribution is 0.283. The molecular formula is C13H21NO. The van der Waals surface area contributed by atoms with E-state index in [-0.39, 0.29) is 0 Å². The molecule has 0 saturated heterocycles. The van der Waals surface area contributed by atoms with Gasteiger partial charge in [0, 0.05) is 19.0 Å². The van der Waals surface area contributed by atoms with Gasteiger partial charge in [-0.1, -0.05) is 20.3 Å². The van der Waals surface area contributed by atoms with Crippen molar-refractivity contribution in [3.63, 3.8) is 0 Å². The summed E-state index contributed by atoms with van der Waals surface area (Å²) in [5.74, 6) is 1.08. The van der Waals surface area contributed by atoms with Crippen molar-refractivity contribution in [2.24, 2.45) is 5.41 Å². The van der Waals surface area contributed by atoms with Gasteiger partial charge < -0.3 is 9.73 Å². The van der Waals surface area contributed by atoms with Crippen molar-refractivity contribution in [3.05, 3.63) is 24.2 Å². The number of hydrogen-bond acceptors (Lipinski definition) is 2. The number of nitrogens with one attached hydrogen (secondary N) is 1. The molecule has 1 N–H and O–H groups in total. The van der Waals surface area contributed by atoms with Crippen LogP contribution >= 0.6 is 0 Å². The summed E-state index contributed by atoms with van der Waals surface area (Å²) >= 11 is 0. The van der Waals surface area contributed by atoms with Crippen molar-refractivity contribution in [1.82, 2.24) is 5.32 Å². The maximum Gasteiger partial charge on any atom is 0.105 e. The average Bonchev–Trinajstić information content (AvgIpc) is 2.77. The van der Waals surface area contributed by atoms with Crippen molar-refractivity contribution in [2.45, 2.75) is 45.6 Å². The van der Waals surface area contributed by atoms with Crippen LogP contribution in [0.4, 0.5) is 0 Å². The Labute approximate surface area is 92.1 Å². The topological polar surface area (TPSA) is 25.2 Å². The molecule has 1 atom stereocenters. The zero-order chi connectivity index (χ0) is 10.7. The summed E-state index contributed by atoms with van der Waals surface area (Å²) < 4.78 is 5.31. The first kappa shape index (κ1) is 10.7. The van der Waals surface area contributed by atoms with Crippen molar-refractivity contribution >= 4 is 0 Å². The lowest BCUT2D eigenvalue weighted by Gasteiger charge is -2.27. The number of hydrogen-bond donors (Lipinski definition) is 1. The normalized spacial score (nSPS) is 24.5. The highest BCUT2D eigenvalue weighted by molar-refractivity contribution is 4.99. The van der Waals surface area contributed by atoms with E-state index in [0.717, 1.165) is 18.7 Å². The van der Waals surface area contributed by atoms with E-state index in [0.29, 0.717) is 11.5 Å². The lowest BCUT2D eigenvalue weighted by Crippen LogP contribution is -2.38. The Balaban J connectivity index is 1.74. The Hall–Kier alpha value is -0.760. The third-order valence-electron chi connectivity index (χ3n) is 3.60. The highest BCUT2D eigenvalue weighted by Gasteiger charge is 2.33. The summed E-state index contributed by atoms with van der Waals surface area (Å²) in [5.41, 5.74) is 0.475. The van der Waals surface area contributed by atoms with Gasteiger partial charge in [0.05, 0.1) is 6.26 Å². The van der Waals surface area contributed by atoms with Crippen LogP contribution in [0, 0.1) is 5.41 Å². The van der Waals surface area contributed by atoms with Gasteiger partial charge in [0.15, 0.2) is 0 Å². The second-order valence-electron chi connectivity index (χ2n) is 5.22. The fourth-order valence-corrected chi connectivity index (χ4v) is 2.53. The quantitative estimate of drug-likeness (QED) is 0.821. The Kier molecular flexibility index (Phi) is 3.15. The molecule has 2 nitrogen and oxygen atoms in total. The molecule has 1 fully saturated rings. The third kappa shape index (κ3) is 2.63. The second-order valence-corrected chi connectivity index (χ2v) is 5.22. The van der Waals surface area contributed by atoms with Crippen LogP contribution in [-0.2, 0) is 6.42 Å². The molecule has 2 rings (SSSR count). The van der Waals surface area contributed by atoms with E-state index in [1.807, 2.05) is 12.1 Å². The summed E-state index contributed by atoms with van der Waals surface area (Å²) in [4.78, 5) is 0. The monoisotopic (exact) mass is 207 g/mol. The Morgan fingerprint density at radius 3 is 3.00 bits per heavy atom. The first-order valence-electron chi connectivity index (χ1n) is 5.94. The molecule has 1 aliphatic carbocycles. The van der Waals surface area contributed by atoms with Gasteiger partial charge in [0.2, 0.25) is 0 Å². The molecule has 1 heterocycles. The molecule has 2 heteroatoms. The van der Waals surface area contributed by atoms with E-state index in [4.69, 9.17) is 4.42 Å². The Bertz CT molecular complexity index is 289. The van der Waals surface area contributed by atoms with Crippen LogP contribution in [0.5, 0.6) is 0 Å². The minimum absolute atomic E-state index is 0.475. The smallest absolute Gasteiger partial charge is 0.105 e. The predicted octanol–water partition coefficient (Wildman–Crippen LogP) is 2.99. The molecule has 0 radical (unpaired) electrons. The van der Waals surface area contributed by atoms with E-state index in [2.05, 4.69) is 19.2 Å².